The second-order valence-electron chi connectivity index (χ2n) is 11.1. The SMILES string of the molecule is Cc1cc(C)cc(CCc2ccc(CCc3ccc4c(c3)C(=O)c3ccccc3C4)cc2)c1.Cc1ccccc1. The predicted octanol–water partition coefficient (Wildman–Crippen LogP) is 9.00. The normalized spacial score (nSPS) is 11.7. The van der Waals surface area contributed by atoms with E-state index in [1.165, 1.54) is 38.9 Å². The third kappa shape index (κ3) is 7.04. The first-order chi connectivity index (χ1) is 19.4. The van der Waals surface area contributed by atoms with E-state index in [4.69, 9.17) is 0 Å². The zero-order valence-corrected chi connectivity index (χ0v) is 23.9. The first-order valence-corrected chi connectivity index (χ1v) is 14.4. The van der Waals surface area contributed by atoms with Gasteiger partial charge >= 0.3 is 0 Å². The number of ketones is 1. The molecule has 0 saturated heterocycles. The van der Waals surface area contributed by atoms with Crippen LogP contribution < -0.4 is 0 Å². The van der Waals surface area contributed by atoms with E-state index in [9.17, 15) is 4.79 Å². The number of carbonyl (C=O) groups excluding carboxylic acids is 1. The molecule has 5 aromatic rings. The summed E-state index contributed by atoms with van der Waals surface area (Å²) in [4.78, 5) is 13.0. The Bertz CT molecular complexity index is 1570. The third-order valence-electron chi connectivity index (χ3n) is 7.71. The van der Waals surface area contributed by atoms with Gasteiger partial charge in [0, 0.05) is 11.1 Å². The Morgan fingerprint density at radius 2 is 0.975 bits per heavy atom. The Hall–Kier alpha value is -4.23. The smallest absolute Gasteiger partial charge is 0.193 e. The van der Waals surface area contributed by atoms with Gasteiger partial charge in [0.1, 0.15) is 0 Å². The molecule has 0 bridgehead atoms. The molecule has 0 aromatic heterocycles. The fourth-order valence-electron chi connectivity index (χ4n) is 5.59. The van der Waals surface area contributed by atoms with Crippen LogP contribution in [0.5, 0.6) is 0 Å². The van der Waals surface area contributed by atoms with Gasteiger partial charge < -0.3 is 0 Å². The average Bonchev–Trinajstić information content (AvgIpc) is 2.96. The van der Waals surface area contributed by atoms with E-state index < -0.39 is 0 Å². The maximum absolute atomic E-state index is 13.0. The molecule has 1 aliphatic rings. The van der Waals surface area contributed by atoms with Crippen LogP contribution in [0.2, 0.25) is 0 Å². The van der Waals surface area contributed by atoms with E-state index >= 15 is 0 Å². The zero-order valence-electron chi connectivity index (χ0n) is 23.9. The largest absolute Gasteiger partial charge is 0.289 e. The Morgan fingerprint density at radius 1 is 0.450 bits per heavy atom. The van der Waals surface area contributed by atoms with Gasteiger partial charge in [0.15, 0.2) is 5.78 Å². The standard InChI is InChI=1S/C32H30O.C7H8/c1-22-17-23(2)19-27(18-22)14-12-25-9-7-24(8-10-25)11-13-26-15-16-29-21-28-5-3-4-6-30(28)32(33)31(29)20-26;1-7-5-3-2-4-6-7/h3-10,15-20H,11-14,21H2,1-2H3;2-6H,1H3. The third-order valence-corrected chi connectivity index (χ3v) is 7.71. The topological polar surface area (TPSA) is 17.1 Å². The Balaban J connectivity index is 0.000000403. The predicted molar refractivity (Wildman–Crippen MR) is 167 cm³/mol. The molecular weight excluding hydrogens is 484 g/mol. The molecule has 0 aliphatic heterocycles. The van der Waals surface area contributed by atoms with E-state index in [0.717, 1.165) is 54.4 Å². The summed E-state index contributed by atoms with van der Waals surface area (Å²) >= 11 is 0. The lowest BCUT2D eigenvalue weighted by Gasteiger charge is -2.19. The molecule has 0 saturated carbocycles. The lowest BCUT2D eigenvalue weighted by molar-refractivity contribution is 0.103. The molecule has 40 heavy (non-hydrogen) atoms. The highest BCUT2D eigenvalue weighted by atomic mass is 16.1. The number of benzene rings is 5. The van der Waals surface area contributed by atoms with Crippen molar-refractivity contribution in [1.82, 2.24) is 0 Å². The minimum absolute atomic E-state index is 0.168. The number of fused-ring (bicyclic) bond motifs is 2. The van der Waals surface area contributed by atoms with Crippen LogP contribution in [0.1, 0.15) is 66.0 Å². The lowest BCUT2D eigenvalue weighted by atomic mass is 9.84. The number of aryl methyl sites for hydroxylation is 7. The maximum atomic E-state index is 13.0. The highest BCUT2D eigenvalue weighted by Crippen LogP contribution is 2.28. The summed E-state index contributed by atoms with van der Waals surface area (Å²) < 4.78 is 0. The van der Waals surface area contributed by atoms with Gasteiger partial charge in [0.25, 0.3) is 0 Å². The summed E-state index contributed by atoms with van der Waals surface area (Å²) in [5, 5.41) is 0. The summed E-state index contributed by atoms with van der Waals surface area (Å²) in [6, 6.07) is 40.6. The van der Waals surface area contributed by atoms with Crippen molar-refractivity contribution in [2.24, 2.45) is 0 Å². The maximum Gasteiger partial charge on any atom is 0.193 e. The molecule has 0 unspecified atom stereocenters. The average molecular weight is 523 g/mol. The summed E-state index contributed by atoms with van der Waals surface area (Å²) in [5.74, 6) is 0.168. The number of rotatable bonds is 6. The van der Waals surface area contributed by atoms with E-state index in [1.54, 1.807) is 0 Å². The molecule has 5 aromatic carbocycles. The Kier molecular flexibility index (Phi) is 8.71. The van der Waals surface area contributed by atoms with Crippen LogP contribution in [0.3, 0.4) is 0 Å². The summed E-state index contributed by atoms with van der Waals surface area (Å²) in [6.07, 6.45) is 4.93. The fraction of sp³-hybridized carbons (Fsp3) is 0.205. The van der Waals surface area contributed by atoms with Gasteiger partial charge in [0.05, 0.1) is 0 Å². The molecular formula is C39H38O. The van der Waals surface area contributed by atoms with Crippen LogP contribution in [0.25, 0.3) is 0 Å². The monoisotopic (exact) mass is 522 g/mol. The minimum atomic E-state index is 0.168. The van der Waals surface area contributed by atoms with Gasteiger partial charge in [-0.15, -0.1) is 0 Å². The Labute approximate surface area is 239 Å². The second-order valence-corrected chi connectivity index (χ2v) is 11.1. The first kappa shape index (κ1) is 27.3. The first-order valence-electron chi connectivity index (χ1n) is 14.4. The zero-order chi connectivity index (χ0) is 27.9. The van der Waals surface area contributed by atoms with E-state index in [-0.39, 0.29) is 5.78 Å². The number of hydrogen-bond acceptors (Lipinski definition) is 1. The van der Waals surface area contributed by atoms with Crippen molar-refractivity contribution in [3.8, 4) is 0 Å². The van der Waals surface area contributed by atoms with Crippen molar-refractivity contribution in [2.75, 3.05) is 0 Å². The molecule has 1 nitrogen and oxygen atoms in total. The van der Waals surface area contributed by atoms with Crippen molar-refractivity contribution >= 4 is 5.78 Å². The number of hydrogen-bond donors (Lipinski definition) is 0. The van der Waals surface area contributed by atoms with Crippen LogP contribution in [0.15, 0.2) is 115 Å². The fourth-order valence-corrected chi connectivity index (χ4v) is 5.59. The van der Waals surface area contributed by atoms with E-state index in [2.05, 4.69) is 99.6 Å². The van der Waals surface area contributed by atoms with Crippen molar-refractivity contribution < 1.29 is 4.79 Å². The summed E-state index contributed by atoms with van der Waals surface area (Å²) in [7, 11) is 0. The molecule has 0 amide bonds. The molecule has 0 heterocycles. The molecule has 0 radical (unpaired) electrons. The molecule has 200 valence electrons. The van der Waals surface area contributed by atoms with Crippen molar-refractivity contribution in [1.29, 1.82) is 0 Å². The van der Waals surface area contributed by atoms with Gasteiger partial charge in [-0.3, -0.25) is 4.79 Å². The van der Waals surface area contributed by atoms with Gasteiger partial charge in [-0.05, 0) is 92.3 Å². The second kappa shape index (κ2) is 12.7. The van der Waals surface area contributed by atoms with Crippen molar-refractivity contribution in [3.63, 3.8) is 0 Å². The van der Waals surface area contributed by atoms with Gasteiger partial charge in [-0.2, -0.15) is 0 Å². The summed E-state index contributed by atoms with van der Waals surface area (Å²) in [6.45, 7) is 6.42. The quantitative estimate of drug-likeness (QED) is 0.213. The highest BCUT2D eigenvalue weighted by Gasteiger charge is 2.22. The van der Waals surface area contributed by atoms with E-state index in [1.807, 2.05) is 36.4 Å². The van der Waals surface area contributed by atoms with Crippen LogP contribution >= 0.6 is 0 Å². The van der Waals surface area contributed by atoms with Gasteiger partial charge in [-0.1, -0.05) is 126 Å². The van der Waals surface area contributed by atoms with Crippen molar-refractivity contribution in [3.05, 3.63) is 176 Å². The number of carbonyl (C=O) groups is 1. The molecule has 0 spiro atoms. The molecule has 0 N–H and O–H groups in total. The van der Waals surface area contributed by atoms with Gasteiger partial charge in [-0.25, -0.2) is 0 Å². The lowest BCUT2D eigenvalue weighted by Crippen LogP contribution is -2.15. The van der Waals surface area contributed by atoms with E-state index in [0.29, 0.717) is 0 Å². The molecule has 1 aliphatic carbocycles. The Morgan fingerprint density at radius 3 is 1.60 bits per heavy atom. The van der Waals surface area contributed by atoms with Crippen LogP contribution in [0, 0.1) is 20.8 Å². The van der Waals surface area contributed by atoms with Crippen LogP contribution in [-0.4, -0.2) is 5.78 Å². The molecule has 0 atom stereocenters. The van der Waals surface area contributed by atoms with Crippen molar-refractivity contribution in [2.45, 2.75) is 52.9 Å². The van der Waals surface area contributed by atoms with Crippen LogP contribution in [0.4, 0.5) is 0 Å². The summed E-state index contributed by atoms with van der Waals surface area (Å²) in [5.41, 5.74) is 13.4. The molecule has 6 rings (SSSR count). The minimum Gasteiger partial charge on any atom is -0.289 e. The molecule has 1 heteroatoms. The highest BCUT2D eigenvalue weighted by molar-refractivity contribution is 6.12. The van der Waals surface area contributed by atoms with Crippen LogP contribution in [-0.2, 0) is 32.1 Å². The molecule has 0 fully saturated rings. The van der Waals surface area contributed by atoms with Gasteiger partial charge in [0.2, 0.25) is 0 Å².